The van der Waals surface area contributed by atoms with Crippen LogP contribution in [0.15, 0.2) is 0 Å². The highest BCUT2D eigenvalue weighted by Crippen LogP contribution is 2.11. The molecular weight excluding hydrogens is 354 g/mol. The van der Waals surface area contributed by atoms with Crippen molar-refractivity contribution in [2.75, 3.05) is 34.3 Å². The minimum Gasteiger partial charge on any atom is -0.469 e. The number of unbranched alkanes of at least 4 members (excludes halogenated alkanes) is 11. The van der Waals surface area contributed by atoms with Crippen LogP contribution in [0.2, 0.25) is 0 Å². The molecule has 0 saturated heterocycles. The molecule has 0 spiro atoms. The molecule has 0 aromatic rings. The Morgan fingerprint density at radius 2 is 1.36 bits per heavy atom. The van der Waals surface area contributed by atoms with Gasteiger partial charge in [-0.3, -0.25) is 4.79 Å². The first-order chi connectivity index (χ1) is 13.5. The van der Waals surface area contributed by atoms with Gasteiger partial charge in [0.25, 0.3) is 0 Å². The van der Waals surface area contributed by atoms with Crippen molar-refractivity contribution in [3.05, 3.63) is 0 Å². The SMILES string of the molecule is CCCCCCCCCCCCCCNC(=O)NC(CC(=O)OC)CN(C)C. The highest BCUT2D eigenvalue weighted by molar-refractivity contribution is 5.76. The minimum atomic E-state index is -0.312. The summed E-state index contributed by atoms with van der Waals surface area (Å²) in [7, 11) is 5.19. The Morgan fingerprint density at radius 3 is 1.82 bits per heavy atom. The van der Waals surface area contributed by atoms with Crippen LogP contribution in [0.4, 0.5) is 4.79 Å². The number of hydrogen-bond donors (Lipinski definition) is 2. The van der Waals surface area contributed by atoms with Gasteiger partial charge in [-0.1, -0.05) is 77.6 Å². The van der Waals surface area contributed by atoms with Gasteiger partial charge in [-0.25, -0.2) is 4.79 Å². The fourth-order valence-electron chi connectivity index (χ4n) is 3.29. The van der Waals surface area contributed by atoms with Crippen molar-refractivity contribution in [1.82, 2.24) is 15.5 Å². The van der Waals surface area contributed by atoms with Crippen LogP contribution in [0.5, 0.6) is 0 Å². The number of likely N-dealkylation sites (N-methyl/N-ethyl adjacent to an activating group) is 1. The molecule has 0 saturated carbocycles. The third-order valence-corrected chi connectivity index (χ3v) is 4.88. The Balaban J connectivity index is 3.60. The van der Waals surface area contributed by atoms with Crippen molar-refractivity contribution in [1.29, 1.82) is 0 Å². The molecule has 2 N–H and O–H groups in total. The van der Waals surface area contributed by atoms with E-state index in [4.69, 9.17) is 4.74 Å². The van der Waals surface area contributed by atoms with Crippen molar-refractivity contribution in [2.24, 2.45) is 0 Å². The largest absolute Gasteiger partial charge is 0.469 e. The first-order valence-electron chi connectivity index (χ1n) is 11.3. The molecule has 0 aliphatic carbocycles. The van der Waals surface area contributed by atoms with Crippen LogP contribution in [0.1, 0.15) is 90.4 Å². The fourth-order valence-corrected chi connectivity index (χ4v) is 3.29. The lowest BCUT2D eigenvalue weighted by atomic mass is 10.1. The summed E-state index contributed by atoms with van der Waals surface area (Å²) in [6.07, 6.45) is 15.8. The number of nitrogens with one attached hydrogen (secondary N) is 2. The van der Waals surface area contributed by atoms with E-state index in [0.717, 1.165) is 12.8 Å². The molecule has 0 aromatic carbocycles. The monoisotopic (exact) mass is 399 g/mol. The predicted molar refractivity (Wildman–Crippen MR) is 117 cm³/mol. The quantitative estimate of drug-likeness (QED) is 0.263. The molecule has 6 nitrogen and oxygen atoms in total. The normalized spacial score (nSPS) is 12.0. The summed E-state index contributed by atoms with van der Waals surface area (Å²) >= 11 is 0. The molecule has 166 valence electrons. The van der Waals surface area contributed by atoms with Crippen LogP contribution >= 0.6 is 0 Å². The van der Waals surface area contributed by atoms with Gasteiger partial charge in [0.05, 0.1) is 19.6 Å². The third-order valence-electron chi connectivity index (χ3n) is 4.88. The molecule has 0 aliphatic rings. The predicted octanol–water partition coefficient (Wildman–Crippen LogP) is 4.48. The summed E-state index contributed by atoms with van der Waals surface area (Å²) in [5, 5.41) is 5.76. The number of esters is 1. The van der Waals surface area contributed by atoms with Gasteiger partial charge < -0.3 is 20.3 Å². The average Bonchev–Trinajstić information content (AvgIpc) is 2.64. The zero-order valence-corrected chi connectivity index (χ0v) is 18.9. The molecule has 1 unspecified atom stereocenters. The lowest BCUT2D eigenvalue weighted by molar-refractivity contribution is -0.141. The molecule has 0 radical (unpaired) electrons. The molecule has 0 aliphatic heterocycles. The van der Waals surface area contributed by atoms with Crippen LogP contribution in [-0.4, -0.2) is 57.2 Å². The number of carbonyl (C=O) groups is 2. The topological polar surface area (TPSA) is 70.7 Å². The summed E-state index contributed by atoms with van der Waals surface area (Å²) in [5.41, 5.74) is 0. The zero-order valence-electron chi connectivity index (χ0n) is 18.9. The molecule has 6 heteroatoms. The number of nitrogens with zero attached hydrogens (tertiary/aromatic N) is 1. The molecule has 0 rings (SSSR count). The van der Waals surface area contributed by atoms with Gasteiger partial charge in [0.2, 0.25) is 0 Å². The molecule has 2 amide bonds. The number of hydrogen-bond acceptors (Lipinski definition) is 4. The van der Waals surface area contributed by atoms with E-state index in [1.165, 1.54) is 71.3 Å². The fraction of sp³-hybridized carbons (Fsp3) is 0.909. The van der Waals surface area contributed by atoms with E-state index in [0.29, 0.717) is 13.1 Å². The van der Waals surface area contributed by atoms with Crippen LogP contribution in [-0.2, 0) is 9.53 Å². The van der Waals surface area contributed by atoms with E-state index in [2.05, 4.69) is 17.6 Å². The molecular formula is C22H45N3O3. The molecule has 28 heavy (non-hydrogen) atoms. The standard InChI is InChI=1S/C22H45N3O3/c1-5-6-7-8-9-10-11-12-13-14-15-16-17-23-22(27)24-20(19-25(2)3)18-21(26)28-4/h20H,5-19H2,1-4H3,(H2,23,24,27). The molecule has 0 heterocycles. The summed E-state index contributed by atoms with van der Waals surface area (Å²) in [5.74, 6) is -0.312. The molecule has 0 bridgehead atoms. The first kappa shape index (κ1) is 26.7. The lowest BCUT2D eigenvalue weighted by Crippen LogP contribution is -2.47. The molecule has 0 fully saturated rings. The van der Waals surface area contributed by atoms with Gasteiger partial charge in [0.1, 0.15) is 0 Å². The number of urea groups is 1. The Morgan fingerprint density at radius 1 is 0.857 bits per heavy atom. The summed E-state index contributed by atoms with van der Waals surface area (Å²) in [4.78, 5) is 25.4. The molecule has 0 aromatic heterocycles. The lowest BCUT2D eigenvalue weighted by Gasteiger charge is -2.21. The van der Waals surface area contributed by atoms with Gasteiger partial charge >= 0.3 is 12.0 Å². The maximum atomic E-state index is 12.0. The second-order valence-corrected chi connectivity index (χ2v) is 8.03. The van der Waals surface area contributed by atoms with Crippen LogP contribution < -0.4 is 10.6 Å². The number of carbonyl (C=O) groups excluding carboxylic acids is 2. The van der Waals surface area contributed by atoms with E-state index in [-0.39, 0.29) is 24.5 Å². The average molecular weight is 400 g/mol. The van der Waals surface area contributed by atoms with Crippen LogP contribution in [0.3, 0.4) is 0 Å². The Bertz CT molecular complexity index is 389. The van der Waals surface area contributed by atoms with E-state index >= 15 is 0 Å². The van der Waals surface area contributed by atoms with Gasteiger partial charge in [0, 0.05) is 13.1 Å². The van der Waals surface area contributed by atoms with E-state index in [9.17, 15) is 9.59 Å². The van der Waals surface area contributed by atoms with Crippen molar-refractivity contribution >= 4 is 12.0 Å². The van der Waals surface area contributed by atoms with Gasteiger partial charge in [-0.15, -0.1) is 0 Å². The smallest absolute Gasteiger partial charge is 0.315 e. The highest BCUT2D eigenvalue weighted by Gasteiger charge is 2.17. The van der Waals surface area contributed by atoms with E-state index < -0.39 is 0 Å². The maximum absolute atomic E-state index is 12.0. The molecule has 1 atom stereocenters. The summed E-state index contributed by atoms with van der Waals surface area (Å²) in [6, 6.07) is -0.455. The summed E-state index contributed by atoms with van der Waals surface area (Å²) < 4.78 is 4.70. The second kappa shape index (κ2) is 19.0. The van der Waals surface area contributed by atoms with E-state index in [1.807, 2.05) is 19.0 Å². The van der Waals surface area contributed by atoms with E-state index in [1.54, 1.807) is 0 Å². The van der Waals surface area contributed by atoms with Gasteiger partial charge in [-0.05, 0) is 20.5 Å². The van der Waals surface area contributed by atoms with Gasteiger partial charge in [-0.2, -0.15) is 0 Å². The zero-order chi connectivity index (χ0) is 21.0. The Labute approximate surface area is 173 Å². The van der Waals surface area contributed by atoms with Crippen LogP contribution in [0.25, 0.3) is 0 Å². The Kier molecular flexibility index (Phi) is 18.2. The second-order valence-electron chi connectivity index (χ2n) is 8.03. The van der Waals surface area contributed by atoms with Crippen molar-refractivity contribution < 1.29 is 14.3 Å². The van der Waals surface area contributed by atoms with Crippen molar-refractivity contribution in [3.63, 3.8) is 0 Å². The Hall–Kier alpha value is -1.30. The van der Waals surface area contributed by atoms with Crippen molar-refractivity contribution in [3.8, 4) is 0 Å². The van der Waals surface area contributed by atoms with Crippen LogP contribution in [0, 0.1) is 0 Å². The minimum absolute atomic E-state index is 0.181. The van der Waals surface area contributed by atoms with Gasteiger partial charge in [0.15, 0.2) is 0 Å². The first-order valence-corrected chi connectivity index (χ1v) is 11.3. The number of amides is 2. The number of methoxy groups -OCH3 is 1. The highest BCUT2D eigenvalue weighted by atomic mass is 16.5. The van der Waals surface area contributed by atoms with Crippen molar-refractivity contribution in [2.45, 2.75) is 96.4 Å². The third kappa shape index (κ3) is 18.1. The number of rotatable bonds is 18. The number of ether oxygens (including phenoxy) is 1. The maximum Gasteiger partial charge on any atom is 0.315 e. The summed E-state index contributed by atoms with van der Waals surface area (Å²) in [6.45, 7) is 3.53.